The molecule has 19 heavy (non-hydrogen) atoms. The van der Waals surface area contributed by atoms with Crippen LogP contribution in [0.2, 0.25) is 0 Å². The third-order valence-electron chi connectivity index (χ3n) is 2.92. The van der Waals surface area contributed by atoms with Gasteiger partial charge in [0.15, 0.2) is 11.5 Å². The zero-order valence-corrected chi connectivity index (χ0v) is 12.7. The van der Waals surface area contributed by atoms with Crippen molar-refractivity contribution in [1.29, 1.82) is 0 Å². The lowest BCUT2D eigenvalue weighted by Gasteiger charge is -2.26. The number of fused-ring (bicyclic) bond motifs is 1. The lowest BCUT2D eigenvalue weighted by molar-refractivity contribution is 0.0902. The van der Waals surface area contributed by atoms with E-state index in [2.05, 4.69) is 32.7 Å². The first-order valence-corrected chi connectivity index (χ1v) is 7.81. The molecule has 100 valence electrons. The molecule has 0 aliphatic carbocycles. The van der Waals surface area contributed by atoms with E-state index in [0.29, 0.717) is 6.61 Å². The van der Waals surface area contributed by atoms with Gasteiger partial charge in [-0.1, -0.05) is 12.1 Å². The Hall–Kier alpha value is -1.04. The molecule has 3 nitrogen and oxygen atoms in total. The molecule has 3 rings (SSSR count). The van der Waals surface area contributed by atoms with Crippen LogP contribution in [0.25, 0.3) is 0 Å². The molecule has 0 saturated heterocycles. The Morgan fingerprint density at radius 2 is 2.11 bits per heavy atom. The number of rotatable bonds is 4. The summed E-state index contributed by atoms with van der Waals surface area (Å²) in [5, 5.41) is 5.49. The van der Waals surface area contributed by atoms with Crippen LogP contribution in [0.5, 0.6) is 11.5 Å². The number of halogens is 1. The second-order valence-corrected chi connectivity index (χ2v) is 6.18. The van der Waals surface area contributed by atoms with E-state index in [4.69, 9.17) is 9.47 Å². The number of ether oxygens (including phenoxy) is 2. The van der Waals surface area contributed by atoms with E-state index in [1.807, 2.05) is 24.3 Å². The highest BCUT2D eigenvalue weighted by atomic mass is 79.9. The third kappa shape index (κ3) is 3.11. The molecule has 0 amide bonds. The van der Waals surface area contributed by atoms with E-state index in [1.54, 1.807) is 11.3 Å². The number of benzene rings is 1. The molecule has 1 aromatic heterocycles. The first kappa shape index (κ1) is 13.0. The van der Waals surface area contributed by atoms with E-state index in [0.717, 1.165) is 29.1 Å². The van der Waals surface area contributed by atoms with Crippen molar-refractivity contribution >= 4 is 27.3 Å². The molecule has 5 heteroatoms. The van der Waals surface area contributed by atoms with E-state index in [9.17, 15) is 0 Å². The minimum Gasteiger partial charge on any atom is -0.486 e. The topological polar surface area (TPSA) is 30.5 Å². The van der Waals surface area contributed by atoms with Crippen LogP contribution in [0.15, 0.2) is 40.2 Å². The number of nitrogens with one attached hydrogen (secondary N) is 1. The Morgan fingerprint density at radius 1 is 1.26 bits per heavy atom. The van der Waals surface area contributed by atoms with Crippen LogP contribution in [0, 0.1) is 0 Å². The molecule has 0 bridgehead atoms. The van der Waals surface area contributed by atoms with Crippen molar-refractivity contribution in [1.82, 2.24) is 5.32 Å². The van der Waals surface area contributed by atoms with Gasteiger partial charge >= 0.3 is 0 Å². The molecule has 0 radical (unpaired) electrons. The van der Waals surface area contributed by atoms with Gasteiger partial charge in [-0.05, 0) is 39.5 Å². The molecular weight excluding hydrogens is 326 g/mol. The second-order valence-electron chi connectivity index (χ2n) is 4.32. The highest BCUT2D eigenvalue weighted by molar-refractivity contribution is 9.10. The molecule has 2 aromatic rings. The van der Waals surface area contributed by atoms with Crippen molar-refractivity contribution < 1.29 is 9.47 Å². The summed E-state index contributed by atoms with van der Waals surface area (Å²) in [6.07, 6.45) is 0.0636. The van der Waals surface area contributed by atoms with Crippen LogP contribution < -0.4 is 14.8 Å². The van der Waals surface area contributed by atoms with Crippen molar-refractivity contribution in [2.24, 2.45) is 0 Å². The average Bonchev–Trinajstić information content (AvgIpc) is 2.84. The fourth-order valence-electron chi connectivity index (χ4n) is 1.96. The molecule has 1 aliphatic rings. The number of thiophene rings is 1. The Kier molecular flexibility index (Phi) is 4.06. The van der Waals surface area contributed by atoms with Gasteiger partial charge in [-0.3, -0.25) is 0 Å². The average molecular weight is 340 g/mol. The molecule has 0 spiro atoms. The van der Waals surface area contributed by atoms with E-state index in [-0.39, 0.29) is 6.10 Å². The van der Waals surface area contributed by atoms with Gasteiger partial charge in [-0.2, -0.15) is 0 Å². The summed E-state index contributed by atoms with van der Waals surface area (Å²) in [5.74, 6) is 1.66. The minimum absolute atomic E-state index is 0.0636. The monoisotopic (exact) mass is 339 g/mol. The van der Waals surface area contributed by atoms with E-state index in [1.165, 1.54) is 4.88 Å². The van der Waals surface area contributed by atoms with Crippen molar-refractivity contribution in [2.75, 3.05) is 13.2 Å². The van der Waals surface area contributed by atoms with Gasteiger partial charge in [0.2, 0.25) is 0 Å². The summed E-state index contributed by atoms with van der Waals surface area (Å²) in [5.41, 5.74) is 0. The molecule has 1 aliphatic heterocycles. The fraction of sp³-hybridized carbons (Fsp3) is 0.286. The first-order chi connectivity index (χ1) is 9.33. The van der Waals surface area contributed by atoms with Crippen LogP contribution in [-0.2, 0) is 6.54 Å². The highest BCUT2D eigenvalue weighted by Gasteiger charge is 2.20. The molecular formula is C14H14BrNO2S. The normalized spacial score (nSPS) is 17.4. The van der Waals surface area contributed by atoms with Crippen molar-refractivity contribution in [3.63, 3.8) is 0 Å². The molecule has 1 aromatic carbocycles. The van der Waals surface area contributed by atoms with Gasteiger partial charge in [0.1, 0.15) is 12.7 Å². The molecule has 0 saturated carbocycles. The summed E-state index contributed by atoms with van der Waals surface area (Å²) >= 11 is 5.27. The third-order valence-corrected chi connectivity index (χ3v) is 4.84. The summed E-state index contributed by atoms with van der Waals surface area (Å²) in [4.78, 5) is 1.30. The minimum atomic E-state index is 0.0636. The van der Waals surface area contributed by atoms with Crippen LogP contribution in [0.3, 0.4) is 0 Å². The van der Waals surface area contributed by atoms with E-state index >= 15 is 0 Å². The molecule has 2 heterocycles. The Labute approximate surface area is 124 Å². The summed E-state index contributed by atoms with van der Waals surface area (Å²) in [7, 11) is 0. The predicted octanol–water partition coefficient (Wildman–Crippen LogP) is 3.44. The molecule has 1 atom stereocenters. The zero-order chi connectivity index (χ0) is 13.1. The van der Waals surface area contributed by atoms with Gasteiger partial charge in [0, 0.05) is 22.4 Å². The zero-order valence-electron chi connectivity index (χ0n) is 10.3. The van der Waals surface area contributed by atoms with Crippen molar-refractivity contribution in [2.45, 2.75) is 12.6 Å². The number of hydrogen-bond acceptors (Lipinski definition) is 4. The maximum atomic E-state index is 5.89. The second kappa shape index (κ2) is 5.94. The summed E-state index contributed by atoms with van der Waals surface area (Å²) in [6.45, 7) is 2.22. The lowest BCUT2D eigenvalue weighted by atomic mass is 10.2. The largest absolute Gasteiger partial charge is 0.486 e. The molecule has 1 unspecified atom stereocenters. The van der Waals surface area contributed by atoms with Gasteiger partial charge in [0.05, 0.1) is 0 Å². The van der Waals surface area contributed by atoms with Gasteiger partial charge in [-0.15, -0.1) is 11.3 Å². The standard InChI is InChI=1S/C14H14BrNO2S/c15-11-5-6-19-14(11)8-16-7-10-9-17-12-3-1-2-4-13(12)18-10/h1-6,10,16H,7-9H2. The Morgan fingerprint density at radius 3 is 2.89 bits per heavy atom. The van der Waals surface area contributed by atoms with Crippen molar-refractivity contribution in [3.05, 3.63) is 45.1 Å². The van der Waals surface area contributed by atoms with E-state index < -0.39 is 0 Å². The number of hydrogen-bond donors (Lipinski definition) is 1. The predicted molar refractivity (Wildman–Crippen MR) is 80.1 cm³/mol. The van der Waals surface area contributed by atoms with Gasteiger partial charge in [-0.25, -0.2) is 0 Å². The van der Waals surface area contributed by atoms with Crippen molar-refractivity contribution in [3.8, 4) is 11.5 Å². The molecule has 0 fully saturated rings. The Bertz CT molecular complexity index is 558. The van der Waals surface area contributed by atoms with Crippen LogP contribution in [0.1, 0.15) is 4.88 Å². The fourth-order valence-corrected chi connectivity index (χ4v) is 3.42. The van der Waals surface area contributed by atoms with Gasteiger partial charge < -0.3 is 14.8 Å². The van der Waals surface area contributed by atoms with Crippen LogP contribution in [0.4, 0.5) is 0 Å². The van der Waals surface area contributed by atoms with Gasteiger partial charge in [0.25, 0.3) is 0 Å². The summed E-state index contributed by atoms with van der Waals surface area (Å²) < 4.78 is 12.7. The first-order valence-electron chi connectivity index (χ1n) is 6.14. The molecule has 1 N–H and O–H groups in total. The quantitative estimate of drug-likeness (QED) is 0.925. The number of para-hydroxylation sites is 2. The van der Waals surface area contributed by atoms with Crippen LogP contribution in [-0.4, -0.2) is 19.3 Å². The lowest BCUT2D eigenvalue weighted by Crippen LogP contribution is -2.38. The highest BCUT2D eigenvalue weighted by Crippen LogP contribution is 2.30. The van der Waals surface area contributed by atoms with Crippen LogP contribution >= 0.6 is 27.3 Å². The Balaban J connectivity index is 1.51. The summed E-state index contributed by atoms with van der Waals surface area (Å²) in [6, 6.07) is 9.85. The maximum absolute atomic E-state index is 5.89. The smallest absolute Gasteiger partial charge is 0.161 e. The maximum Gasteiger partial charge on any atom is 0.161 e. The SMILES string of the molecule is Brc1ccsc1CNCC1COc2ccccc2O1.